The summed E-state index contributed by atoms with van der Waals surface area (Å²) in [6, 6.07) is 4.06. The summed E-state index contributed by atoms with van der Waals surface area (Å²) in [5.74, 6) is -0.416. The van der Waals surface area contributed by atoms with Crippen molar-refractivity contribution in [2.75, 3.05) is 18.9 Å². The van der Waals surface area contributed by atoms with E-state index in [1.165, 1.54) is 4.90 Å². The van der Waals surface area contributed by atoms with E-state index in [1.54, 1.807) is 25.7 Å². The molecule has 0 aliphatic heterocycles. The molecule has 0 aliphatic carbocycles. The van der Waals surface area contributed by atoms with E-state index in [4.69, 9.17) is 0 Å². The quantitative estimate of drug-likeness (QED) is 0.929. The number of aryl methyl sites for hydroxylation is 5. The van der Waals surface area contributed by atoms with E-state index in [9.17, 15) is 9.59 Å². The number of hydrogen-bond donors (Lipinski definition) is 1. The van der Waals surface area contributed by atoms with Crippen LogP contribution in [0.25, 0.3) is 0 Å². The fraction of sp³-hybridized carbons (Fsp3) is 0.421. The molecule has 0 saturated heterocycles. The summed E-state index contributed by atoms with van der Waals surface area (Å²) < 4.78 is 1.68. The Morgan fingerprint density at radius 2 is 1.68 bits per heavy atom. The number of amides is 2. The fourth-order valence-corrected chi connectivity index (χ4v) is 3.12. The SMILES string of the molecule is Cc1cc(C)c(NC(=O)CN(C)C(=O)c2c(C)nn(C)c2C)c(C)c1. The molecular weight excluding hydrogens is 316 g/mol. The summed E-state index contributed by atoms with van der Waals surface area (Å²) in [6.07, 6.45) is 0. The van der Waals surface area contributed by atoms with Crippen LogP contribution < -0.4 is 5.32 Å². The molecule has 0 aliphatic rings. The molecule has 2 aromatic rings. The molecule has 1 heterocycles. The highest BCUT2D eigenvalue weighted by Crippen LogP contribution is 2.22. The van der Waals surface area contributed by atoms with Crippen LogP contribution in [0.2, 0.25) is 0 Å². The molecular formula is C19H26N4O2. The van der Waals surface area contributed by atoms with E-state index >= 15 is 0 Å². The second-order valence-electron chi connectivity index (χ2n) is 6.65. The summed E-state index contributed by atoms with van der Waals surface area (Å²) in [6.45, 7) is 9.59. The largest absolute Gasteiger partial charge is 0.332 e. The zero-order valence-electron chi connectivity index (χ0n) is 16.0. The number of nitrogens with one attached hydrogen (secondary N) is 1. The van der Waals surface area contributed by atoms with Crippen molar-refractivity contribution < 1.29 is 9.59 Å². The van der Waals surface area contributed by atoms with Gasteiger partial charge in [0.15, 0.2) is 0 Å². The fourth-order valence-electron chi connectivity index (χ4n) is 3.12. The highest BCUT2D eigenvalue weighted by molar-refractivity contribution is 6.00. The van der Waals surface area contributed by atoms with Gasteiger partial charge in [-0.3, -0.25) is 14.3 Å². The number of benzene rings is 1. The Bertz CT molecular complexity index is 813. The molecule has 0 atom stereocenters. The van der Waals surface area contributed by atoms with Crippen LogP contribution in [0, 0.1) is 34.6 Å². The van der Waals surface area contributed by atoms with Crippen molar-refractivity contribution in [3.05, 3.63) is 45.8 Å². The third kappa shape index (κ3) is 3.90. The average molecular weight is 342 g/mol. The monoisotopic (exact) mass is 342 g/mol. The van der Waals surface area contributed by atoms with Gasteiger partial charge >= 0.3 is 0 Å². The summed E-state index contributed by atoms with van der Waals surface area (Å²) in [5.41, 5.74) is 6.01. The number of carbonyl (C=O) groups is 2. The molecule has 0 bridgehead atoms. The molecule has 2 rings (SSSR count). The van der Waals surface area contributed by atoms with Crippen molar-refractivity contribution >= 4 is 17.5 Å². The Hall–Kier alpha value is -2.63. The summed E-state index contributed by atoms with van der Waals surface area (Å²) in [7, 11) is 3.43. The highest BCUT2D eigenvalue weighted by Gasteiger charge is 2.22. The van der Waals surface area contributed by atoms with Gasteiger partial charge in [-0.15, -0.1) is 0 Å². The zero-order valence-corrected chi connectivity index (χ0v) is 16.0. The Morgan fingerprint density at radius 3 is 2.16 bits per heavy atom. The van der Waals surface area contributed by atoms with Crippen LogP contribution >= 0.6 is 0 Å². The number of carbonyl (C=O) groups excluding carboxylic acids is 2. The number of nitrogens with zero attached hydrogens (tertiary/aromatic N) is 3. The number of rotatable bonds is 4. The molecule has 25 heavy (non-hydrogen) atoms. The van der Waals surface area contributed by atoms with Crippen molar-refractivity contribution in [3.63, 3.8) is 0 Å². The molecule has 0 spiro atoms. The highest BCUT2D eigenvalue weighted by atomic mass is 16.2. The first-order valence-corrected chi connectivity index (χ1v) is 8.25. The number of likely N-dealkylation sites (N-methyl/N-ethyl adjacent to an activating group) is 1. The van der Waals surface area contributed by atoms with Crippen LogP contribution in [0.1, 0.15) is 38.4 Å². The zero-order chi connectivity index (χ0) is 18.9. The van der Waals surface area contributed by atoms with Crippen LogP contribution in [0.4, 0.5) is 5.69 Å². The molecule has 1 N–H and O–H groups in total. The van der Waals surface area contributed by atoms with Gasteiger partial charge in [0.05, 0.1) is 17.8 Å². The van der Waals surface area contributed by atoms with Crippen molar-refractivity contribution in [1.29, 1.82) is 0 Å². The molecule has 134 valence electrons. The van der Waals surface area contributed by atoms with Crippen LogP contribution in [0.15, 0.2) is 12.1 Å². The Balaban J connectivity index is 2.11. The van der Waals surface area contributed by atoms with Crippen molar-refractivity contribution in [2.45, 2.75) is 34.6 Å². The lowest BCUT2D eigenvalue weighted by molar-refractivity contribution is -0.116. The van der Waals surface area contributed by atoms with Crippen molar-refractivity contribution in [3.8, 4) is 0 Å². The lowest BCUT2D eigenvalue weighted by Gasteiger charge is -2.18. The number of hydrogen-bond acceptors (Lipinski definition) is 3. The van der Waals surface area contributed by atoms with E-state index in [0.717, 1.165) is 28.1 Å². The minimum absolute atomic E-state index is 0.0145. The molecule has 1 aromatic heterocycles. The minimum Gasteiger partial charge on any atom is -0.332 e. The van der Waals surface area contributed by atoms with Crippen LogP contribution in [0.5, 0.6) is 0 Å². The van der Waals surface area contributed by atoms with Gasteiger partial charge in [0, 0.05) is 25.5 Å². The van der Waals surface area contributed by atoms with E-state index < -0.39 is 0 Å². The summed E-state index contributed by atoms with van der Waals surface area (Å²) in [4.78, 5) is 26.5. The Labute approximate surface area is 148 Å². The molecule has 0 fully saturated rings. The first-order valence-electron chi connectivity index (χ1n) is 8.25. The molecule has 6 nitrogen and oxygen atoms in total. The maximum atomic E-state index is 12.7. The second-order valence-corrected chi connectivity index (χ2v) is 6.65. The van der Waals surface area contributed by atoms with Crippen molar-refractivity contribution in [1.82, 2.24) is 14.7 Å². The molecule has 0 saturated carbocycles. The Kier molecular flexibility index (Phi) is 5.30. The lowest BCUT2D eigenvalue weighted by Crippen LogP contribution is -2.35. The third-order valence-corrected chi connectivity index (χ3v) is 4.39. The second kappa shape index (κ2) is 7.09. The summed E-state index contributed by atoms with van der Waals surface area (Å²) >= 11 is 0. The van der Waals surface area contributed by atoms with Gasteiger partial charge in [0.1, 0.15) is 0 Å². The predicted octanol–water partition coefficient (Wildman–Crippen LogP) is 2.67. The van der Waals surface area contributed by atoms with E-state index in [2.05, 4.69) is 10.4 Å². The van der Waals surface area contributed by atoms with Gasteiger partial charge < -0.3 is 10.2 Å². The summed E-state index contributed by atoms with van der Waals surface area (Å²) in [5, 5.41) is 7.18. The number of anilines is 1. The maximum Gasteiger partial charge on any atom is 0.257 e. The molecule has 6 heteroatoms. The maximum absolute atomic E-state index is 12.7. The molecule has 0 radical (unpaired) electrons. The van der Waals surface area contributed by atoms with Gasteiger partial charge in [-0.1, -0.05) is 17.7 Å². The van der Waals surface area contributed by atoms with Gasteiger partial charge in [0.2, 0.25) is 5.91 Å². The average Bonchev–Trinajstić information content (AvgIpc) is 2.75. The molecule has 1 aromatic carbocycles. The predicted molar refractivity (Wildman–Crippen MR) is 98.9 cm³/mol. The van der Waals surface area contributed by atoms with E-state index in [-0.39, 0.29) is 18.4 Å². The standard InChI is InChI=1S/C19H26N4O2/c1-11-8-12(2)18(13(3)9-11)20-16(24)10-22(6)19(25)17-14(4)21-23(7)15(17)5/h8-9H,10H2,1-7H3,(H,20,24). The first kappa shape index (κ1) is 18.7. The van der Waals surface area contributed by atoms with Gasteiger partial charge in [0.25, 0.3) is 5.91 Å². The molecule has 0 unspecified atom stereocenters. The third-order valence-electron chi connectivity index (χ3n) is 4.39. The first-order chi connectivity index (χ1) is 11.6. The Morgan fingerprint density at radius 1 is 1.12 bits per heavy atom. The molecule has 2 amide bonds. The topological polar surface area (TPSA) is 67.2 Å². The van der Waals surface area contributed by atoms with E-state index in [1.807, 2.05) is 39.8 Å². The normalized spacial score (nSPS) is 10.7. The van der Waals surface area contributed by atoms with Gasteiger partial charge in [-0.25, -0.2) is 0 Å². The number of aromatic nitrogens is 2. The smallest absolute Gasteiger partial charge is 0.257 e. The van der Waals surface area contributed by atoms with Crippen molar-refractivity contribution in [2.24, 2.45) is 7.05 Å². The van der Waals surface area contributed by atoms with Gasteiger partial charge in [-0.2, -0.15) is 5.10 Å². The van der Waals surface area contributed by atoms with Crippen LogP contribution in [-0.4, -0.2) is 40.1 Å². The van der Waals surface area contributed by atoms with Gasteiger partial charge in [-0.05, 0) is 45.7 Å². The minimum atomic E-state index is -0.218. The van der Waals surface area contributed by atoms with Crippen LogP contribution in [-0.2, 0) is 11.8 Å². The van der Waals surface area contributed by atoms with Crippen LogP contribution in [0.3, 0.4) is 0 Å². The lowest BCUT2D eigenvalue weighted by atomic mass is 10.1. The van der Waals surface area contributed by atoms with E-state index in [0.29, 0.717) is 11.3 Å².